The fourth-order valence-corrected chi connectivity index (χ4v) is 2.52. The van der Waals surface area contributed by atoms with Crippen LogP contribution in [0.4, 0.5) is 0 Å². The first-order valence-electron chi connectivity index (χ1n) is 5.49. The Morgan fingerprint density at radius 1 is 1.33 bits per heavy atom. The molecule has 18 heavy (non-hydrogen) atoms. The molecular weight excluding hydrogens is 266 g/mol. The minimum atomic E-state index is 0.616. The summed E-state index contributed by atoms with van der Waals surface area (Å²) >= 11 is 11.7. The Morgan fingerprint density at radius 3 is 3.00 bits per heavy atom. The van der Waals surface area contributed by atoms with E-state index in [0.29, 0.717) is 9.79 Å². The second-order valence-electron chi connectivity index (χ2n) is 4.07. The second kappa shape index (κ2) is 4.23. The fourth-order valence-electron chi connectivity index (χ4n) is 2.00. The molecule has 0 aliphatic heterocycles. The molecule has 3 aromatic rings. The summed E-state index contributed by atoms with van der Waals surface area (Å²) in [5.41, 5.74) is 3.79. The van der Waals surface area contributed by atoms with Crippen molar-refractivity contribution >= 4 is 34.9 Å². The first-order valence-corrected chi connectivity index (χ1v) is 6.27. The standard InChI is InChI=1S/C13H10ClN3S/c1-8-3-2-4-11(12(8)14)17-10-5-6-15-7-9(10)16-13(17)18/h2-7H,1H3,(H,16,18). The van der Waals surface area contributed by atoms with Crippen LogP contribution in [-0.2, 0) is 0 Å². The number of H-pyrrole nitrogens is 1. The molecule has 0 radical (unpaired) electrons. The van der Waals surface area contributed by atoms with Crippen LogP contribution >= 0.6 is 23.8 Å². The summed E-state index contributed by atoms with van der Waals surface area (Å²) < 4.78 is 2.55. The van der Waals surface area contributed by atoms with Crippen molar-refractivity contribution in [3.8, 4) is 5.69 Å². The van der Waals surface area contributed by atoms with Gasteiger partial charge in [0, 0.05) is 6.20 Å². The number of pyridine rings is 1. The van der Waals surface area contributed by atoms with Crippen LogP contribution in [0, 0.1) is 11.7 Å². The van der Waals surface area contributed by atoms with Gasteiger partial charge in [-0.25, -0.2) is 0 Å². The average molecular weight is 276 g/mol. The monoisotopic (exact) mass is 275 g/mol. The molecule has 2 aromatic heterocycles. The first-order chi connectivity index (χ1) is 8.68. The third kappa shape index (κ3) is 1.65. The maximum absolute atomic E-state index is 6.36. The van der Waals surface area contributed by atoms with Crippen molar-refractivity contribution in [2.75, 3.05) is 0 Å². The Morgan fingerprint density at radius 2 is 2.17 bits per heavy atom. The Hall–Kier alpha value is -1.65. The zero-order chi connectivity index (χ0) is 12.7. The van der Waals surface area contributed by atoms with E-state index in [1.165, 1.54) is 0 Å². The van der Waals surface area contributed by atoms with Gasteiger partial charge < -0.3 is 4.98 Å². The van der Waals surface area contributed by atoms with Crippen LogP contribution < -0.4 is 0 Å². The van der Waals surface area contributed by atoms with Crippen molar-refractivity contribution in [3.63, 3.8) is 0 Å². The Kier molecular flexibility index (Phi) is 2.69. The molecule has 0 saturated carbocycles. The third-order valence-corrected chi connectivity index (χ3v) is 3.67. The number of aromatic nitrogens is 3. The molecule has 5 heteroatoms. The van der Waals surface area contributed by atoms with Crippen LogP contribution in [-0.4, -0.2) is 14.5 Å². The quantitative estimate of drug-likeness (QED) is 0.680. The number of aryl methyl sites for hydroxylation is 1. The molecule has 0 aliphatic rings. The Labute approximate surface area is 114 Å². The molecule has 0 unspecified atom stereocenters. The van der Waals surface area contributed by atoms with Crippen molar-refractivity contribution in [2.45, 2.75) is 6.92 Å². The molecule has 3 nitrogen and oxygen atoms in total. The maximum Gasteiger partial charge on any atom is 0.182 e. The van der Waals surface area contributed by atoms with E-state index in [2.05, 4.69) is 9.97 Å². The number of hydrogen-bond acceptors (Lipinski definition) is 2. The average Bonchev–Trinajstić information content (AvgIpc) is 2.69. The summed E-state index contributed by atoms with van der Waals surface area (Å²) in [7, 11) is 0. The van der Waals surface area contributed by atoms with E-state index in [-0.39, 0.29) is 0 Å². The molecule has 3 rings (SSSR count). The molecule has 0 atom stereocenters. The third-order valence-electron chi connectivity index (χ3n) is 2.90. The molecule has 2 heterocycles. The van der Waals surface area contributed by atoms with Crippen molar-refractivity contribution < 1.29 is 0 Å². The van der Waals surface area contributed by atoms with Gasteiger partial charge in [0.2, 0.25) is 0 Å². The minimum absolute atomic E-state index is 0.616. The maximum atomic E-state index is 6.36. The van der Waals surface area contributed by atoms with Gasteiger partial charge in [0.25, 0.3) is 0 Å². The summed E-state index contributed by atoms with van der Waals surface area (Å²) in [4.78, 5) is 7.21. The number of rotatable bonds is 1. The molecule has 0 bridgehead atoms. The topological polar surface area (TPSA) is 33.6 Å². The van der Waals surface area contributed by atoms with E-state index >= 15 is 0 Å². The molecule has 0 saturated heterocycles. The fraction of sp³-hybridized carbons (Fsp3) is 0.0769. The van der Waals surface area contributed by atoms with E-state index in [0.717, 1.165) is 22.3 Å². The van der Waals surface area contributed by atoms with Crippen molar-refractivity contribution in [3.05, 3.63) is 52.0 Å². The van der Waals surface area contributed by atoms with Crippen LogP contribution in [0.3, 0.4) is 0 Å². The predicted octanol–water partition coefficient (Wildman–Crippen LogP) is 4.04. The summed E-state index contributed by atoms with van der Waals surface area (Å²) in [5.74, 6) is 0. The summed E-state index contributed by atoms with van der Waals surface area (Å²) in [6, 6.07) is 7.82. The largest absolute Gasteiger partial charge is 0.329 e. The van der Waals surface area contributed by atoms with E-state index in [1.54, 1.807) is 12.4 Å². The highest BCUT2D eigenvalue weighted by molar-refractivity contribution is 7.71. The van der Waals surface area contributed by atoms with Gasteiger partial charge in [0.05, 0.1) is 27.9 Å². The zero-order valence-electron chi connectivity index (χ0n) is 9.64. The molecule has 90 valence electrons. The summed E-state index contributed by atoms with van der Waals surface area (Å²) in [6.07, 6.45) is 3.50. The van der Waals surface area contributed by atoms with Gasteiger partial charge in [-0.15, -0.1) is 0 Å². The summed E-state index contributed by atoms with van der Waals surface area (Å²) in [6.45, 7) is 1.98. The van der Waals surface area contributed by atoms with E-state index in [9.17, 15) is 0 Å². The lowest BCUT2D eigenvalue weighted by molar-refractivity contribution is 1.06. The lowest BCUT2D eigenvalue weighted by Crippen LogP contribution is -1.96. The van der Waals surface area contributed by atoms with Gasteiger partial charge in [-0.05, 0) is 36.8 Å². The van der Waals surface area contributed by atoms with Crippen LogP contribution in [0.15, 0.2) is 36.7 Å². The number of imidazole rings is 1. The van der Waals surface area contributed by atoms with E-state index in [4.69, 9.17) is 23.8 Å². The van der Waals surface area contributed by atoms with Crippen LogP contribution in [0.1, 0.15) is 5.56 Å². The molecular formula is C13H10ClN3S. The molecule has 0 spiro atoms. The van der Waals surface area contributed by atoms with Crippen LogP contribution in [0.5, 0.6) is 0 Å². The van der Waals surface area contributed by atoms with E-state index < -0.39 is 0 Å². The number of benzene rings is 1. The SMILES string of the molecule is Cc1cccc(-n2c(=S)[nH]c3cnccc32)c1Cl. The van der Waals surface area contributed by atoms with Crippen LogP contribution in [0.25, 0.3) is 16.7 Å². The van der Waals surface area contributed by atoms with Crippen molar-refractivity contribution in [2.24, 2.45) is 0 Å². The molecule has 1 N–H and O–H groups in total. The number of nitrogens with zero attached hydrogens (tertiary/aromatic N) is 2. The smallest absolute Gasteiger partial charge is 0.182 e. The minimum Gasteiger partial charge on any atom is -0.329 e. The van der Waals surface area contributed by atoms with E-state index in [1.807, 2.05) is 35.8 Å². The lowest BCUT2D eigenvalue weighted by Gasteiger charge is -2.08. The highest BCUT2D eigenvalue weighted by Gasteiger charge is 2.10. The van der Waals surface area contributed by atoms with Gasteiger partial charge >= 0.3 is 0 Å². The second-order valence-corrected chi connectivity index (χ2v) is 4.83. The molecule has 0 fully saturated rings. The lowest BCUT2D eigenvalue weighted by atomic mass is 10.2. The highest BCUT2D eigenvalue weighted by Crippen LogP contribution is 2.27. The van der Waals surface area contributed by atoms with Gasteiger partial charge in [-0.3, -0.25) is 9.55 Å². The van der Waals surface area contributed by atoms with Gasteiger partial charge in [0.1, 0.15) is 0 Å². The first kappa shape index (κ1) is 11.4. The normalized spacial score (nSPS) is 11.0. The zero-order valence-corrected chi connectivity index (χ0v) is 11.2. The number of halogens is 1. The number of aromatic amines is 1. The number of fused-ring (bicyclic) bond motifs is 1. The number of nitrogens with one attached hydrogen (secondary N) is 1. The molecule has 1 aromatic carbocycles. The van der Waals surface area contributed by atoms with Crippen molar-refractivity contribution in [1.29, 1.82) is 0 Å². The van der Waals surface area contributed by atoms with Gasteiger partial charge in [0.15, 0.2) is 4.77 Å². The Balaban J connectivity index is 2.42. The molecule has 0 aliphatic carbocycles. The van der Waals surface area contributed by atoms with Crippen LogP contribution in [0.2, 0.25) is 5.02 Å². The Bertz CT molecular complexity index is 788. The highest BCUT2D eigenvalue weighted by atomic mass is 35.5. The van der Waals surface area contributed by atoms with Gasteiger partial charge in [-0.2, -0.15) is 0 Å². The van der Waals surface area contributed by atoms with Gasteiger partial charge in [-0.1, -0.05) is 23.7 Å². The predicted molar refractivity (Wildman–Crippen MR) is 76.0 cm³/mol. The summed E-state index contributed by atoms with van der Waals surface area (Å²) in [5, 5.41) is 0.714. The molecule has 0 amide bonds. The number of hydrogen-bond donors (Lipinski definition) is 1. The van der Waals surface area contributed by atoms with Crippen molar-refractivity contribution in [1.82, 2.24) is 14.5 Å².